The van der Waals surface area contributed by atoms with E-state index in [1.165, 1.54) is 19.3 Å². The minimum Gasteiger partial charge on any atom is -0.379 e. The molecular weight excluding hydrogens is 252 g/mol. The van der Waals surface area contributed by atoms with E-state index in [1.54, 1.807) is 4.90 Å². The van der Waals surface area contributed by atoms with Crippen molar-refractivity contribution in [2.75, 3.05) is 33.4 Å². The van der Waals surface area contributed by atoms with Crippen LogP contribution in [0.15, 0.2) is 0 Å². The molecule has 2 aliphatic rings. The highest BCUT2D eigenvalue weighted by Gasteiger charge is 2.24. The summed E-state index contributed by atoms with van der Waals surface area (Å²) in [6, 6.07) is 0.0391. The van der Waals surface area contributed by atoms with Gasteiger partial charge < -0.3 is 15.0 Å². The SMILES string of the molecule is CN(CCOCC1CC1)C(=O)[C@@H]1CCCCN1.Cl. The van der Waals surface area contributed by atoms with Gasteiger partial charge in [-0.25, -0.2) is 0 Å². The number of ether oxygens (including phenoxy) is 1. The fraction of sp³-hybridized carbons (Fsp3) is 0.923. The Morgan fingerprint density at radius 3 is 2.72 bits per heavy atom. The number of rotatable bonds is 6. The van der Waals surface area contributed by atoms with Gasteiger partial charge in [0, 0.05) is 20.2 Å². The third-order valence-electron chi connectivity index (χ3n) is 3.61. The molecule has 1 heterocycles. The first-order valence-corrected chi connectivity index (χ1v) is 6.83. The van der Waals surface area contributed by atoms with Crippen LogP contribution in [-0.2, 0) is 9.53 Å². The van der Waals surface area contributed by atoms with Gasteiger partial charge in [-0.3, -0.25) is 4.79 Å². The first kappa shape index (κ1) is 15.7. The van der Waals surface area contributed by atoms with E-state index in [0.29, 0.717) is 13.2 Å². The molecule has 1 saturated heterocycles. The van der Waals surface area contributed by atoms with Gasteiger partial charge in [0.25, 0.3) is 0 Å². The van der Waals surface area contributed by atoms with Gasteiger partial charge in [-0.15, -0.1) is 12.4 Å². The molecule has 0 unspecified atom stereocenters. The molecule has 0 aromatic carbocycles. The Hall–Kier alpha value is -0.320. The predicted octanol–water partition coefficient (Wildman–Crippen LogP) is 1.44. The first-order chi connectivity index (χ1) is 8.27. The molecule has 1 N–H and O–H groups in total. The highest BCUT2D eigenvalue weighted by Crippen LogP contribution is 2.28. The average molecular weight is 277 g/mol. The van der Waals surface area contributed by atoms with E-state index in [1.807, 2.05) is 7.05 Å². The second-order valence-corrected chi connectivity index (χ2v) is 5.28. The number of carbonyl (C=O) groups is 1. The van der Waals surface area contributed by atoms with E-state index in [0.717, 1.165) is 31.9 Å². The van der Waals surface area contributed by atoms with Crippen molar-refractivity contribution in [3.63, 3.8) is 0 Å². The lowest BCUT2D eigenvalue weighted by Crippen LogP contribution is -2.48. The Morgan fingerprint density at radius 2 is 2.11 bits per heavy atom. The molecule has 2 fully saturated rings. The number of halogens is 1. The molecule has 1 atom stereocenters. The molecule has 0 aromatic heterocycles. The van der Waals surface area contributed by atoms with E-state index in [2.05, 4.69) is 5.32 Å². The Morgan fingerprint density at radius 1 is 1.33 bits per heavy atom. The lowest BCUT2D eigenvalue weighted by atomic mass is 10.0. The minimum atomic E-state index is 0. The fourth-order valence-corrected chi connectivity index (χ4v) is 2.17. The van der Waals surface area contributed by atoms with Crippen molar-refractivity contribution >= 4 is 18.3 Å². The van der Waals surface area contributed by atoms with E-state index in [-0.39, 0.29) is 24.4 Å². The number of piperidine rings is 1. The van der Waals surface area contributed by atoms with E-state index in [4.69, 9.17) is 4.74 Å². The van der Waals surface area contributed by atoms with Crippen molar-refractivity contribution < 1.29 is 9.53 Å². The van der Waals surface area contributed by atoms with Crippen LogP contribution in [0.25, 0.3) is 0 Å². The molecule has 1 aliphatic heterocycles. The van der Waals surface area contributed by atoms with Crippen molar-refractivity contribution in [1.29, 1.82) is 0 Å². The average Bonchev–Trinajstić information content (AvgIpc) is 3.18. The normalized spacial score (nSPS) is 23.3. The highest BCUT2D eigenvalue weighted by molar-refractivity contribution is 5.85. The van der Waals surface area contributed by atoms with Crippen molar-refractivity contribution in [2.45, 2.75) is 38.1 Å². The van der Waals surface area contributed by atoms with Crippen LogP contribution >= 0.6 is 12.4 Å². The van der Waals surface area contributed by atoms with Gasteiger partial charge in [-0.1, -0.05) is 6.42 Å². The Balaban J connectivity index is 0.00000162. The number of hydrogen-bond acceptors (Lipinski definition) is 3. The lowest BCUT2D eigenvalue weighted by molar-refractivity contribution is -0.133. The Bertz CT molecular complexity index is 253. The van der Waals surface area contributed by atoms with Crippen LogP contribution in [0, 0.1) is 5.92 Å². The van der Waals surface area contributed by atoms with Gasteiger partial charge in [0.05, 0.1) is 12.6 Å². The molecule has 1 saturated carbocycles. The zero-order valence-corrected chi connectivity index (χ0v) is 12.0. The smallest absolute Gasteiger partial charge is 0.239 e. The van der Waals surface area contributed by atoms with Crippen molar-refractivity contribution in [1.82, 2.24) is 10.2 Å². The molecule has 1 amide bonds. The highest BCUT2D eigenvalue weighted by atomic mass is 35.5. The van der Waals surface area contributed by atoms with Crippen LogP contribution in [0.1, 0.15) is 32.1 Å². The van der Waals surface area contributed by atoms with Crippen LogP contribution < -0.4 is 5.32 Å². The van der Waals surface area contributed by atoms with Crippen LogP contribution in [0.5, 0.6) is 0 Å². The summed E-state index contributed by atoms with van der Waals surface area (Å²) in [4.78, 5) is 13.8. The number of carbonyl (C=O) groups excluding carboxylic acids is 1. The lowest BCUT2D eigenvalue weighted by Gasteiger charge is -2.27. The third kappa shape index (κ3) is 5.12. The minimum absolute atomic E-state index is 0. The summed E-state index contributed by atoms with van der Waals surface area (Å²) >= 11 is 0. The van der Waals surface area contributed by atoms with Crippen molar-refractivity contribution in [3.8, 4) is 0 Å². The maximum atomic E-state index is 12.0. The largest absolute Gasteiger partial charge is 0.379 e. The molecule has 18 heavy (non-hydrogen) atoms. The van der Waals surface area contributed by atoms with Gasteiger partial charge >= 0.3 is 0 Å². The zero-order valence-electron chi connectivity index (χ0n) is 11.2. The van der Waals surface area contributed by atoms with Gasteiger partial charge in [-0.2, -0.15) is 0 Å². The molecule has 0 aromatic rings. The summed E-state index contributed by atoms with van der Waals surface area (Å²) in [6.45, 7) is 3.24. The van der Waals surface area contributed by atoms with E-state index in [9.17, 15) is 4.79 Å². The van der Waals surface area contributed by atoms with Crippen LogP contribution in [0.2, 0.25) is 0 Å². The molecule has 5 heteroatoms. The van der Waals surface area contributed by atoms with Gasteiger partial charge in [0.2, 0.25) is 5.91 Å². The number of amides is 1. The summed E-state index contributed by atoms with van der Waals surface area (Å²) in [6.07, 6.45) is 5.97. The maximum absolute atomic E-state index is 12.0. The van der Waals surface area contributed by atoms with E-state index < -0.39 is 0 Å². The van der Waals surface area contributed by atoms with Crippen LogP contribution in [0.3, 0.4) is 0 Å². The molecule has 1 aliphatic carbocycles. The standard InChI is InChI=1S/C13H24N2O2.ClH/c1-15(8-9-17-10-11-5-6-11)13(16)12-4-2-3-7-14-12;/h11-12,14H,2-10H2,1H3;1H/t12-;/m0./s1. The quantitative estimate of drug-likeness (QED) is 0.747. The zero-order chi connectivity index (χ0) is 12.1. The van der Waals surface area contributed by atoms with Crippen molar-refractivity contribution in [3.05, 3.63) is 0 Å². The monoisotopic (exact) mass is 276 g/mol. The number of nitrogens with zero attached hydrogens (tertiary/aromatic N) is 1. The van der Waals surface area contributed by atoms with Gasteiger partial charge in [0.15, 0.2) is 0 Å². The predicted molar refractivity (Wildman–Crippen MR) is 74.1 cm³/mol. The van der Waals surface area contributed by atoms with Gasteiger partial charge in [-0.05, 0) is 38.1 Å². The summed E-state index contributed by atoms with van der Waals surface area (Å²) < 4.78 is 5.55. The molecule has 106 valence electrons. The fourth-order valence-electron chi connectivity index (χ4n) is 2.17. The van der Waals surface area contributed by atoms with Gasteiger partial charge in [0.1, 0.15) is 0 Å². The topological polar surface area (TPSA) is 41.6 Å². The molecule has 2 rings (SSSR count). The summed E-state index contributed by atoms with van der Waals surface area (Å²) in [5.41, 5.74) is 0. The second-order valence-electron chi connectivity index (χ2n) is 5.28. The second kappa shape index (κ2) is 7.97. The van der Waals surface area contributed by atoms with Crippen molar-refractivity contribution in [2.24, 2.45) is 5.92 Å². The molecule has 0 bridgehead atoms. The Labute approximate surface area is 116 Å². The molecule has 4 nitrogen and oxygen atoms in total. The van der Waals surface area contributed by atoms with Crippen LogP contribution in [-0.4, -0.2) is 50.2 Å². The van der Waals surface area contributed by atoms with E-state index >= 15 is 0 Å². The molecular formula is C13H25ClN2O2. The third-order valence-corrected chi connectivity index (χ3v) is 3.61. The maximum Gasteiger partial charge on any atom is 0.239 e. The number of hydrogen-bond donors (Lipinski definition) is 1. The summed E-state index contributed by atoms with van der Waals surface area (Å²) in [5.74, 6) is 1.02. The number of likely N-dealkylation sites (N-methyl/N-ethyl adjacent to an activating group) is 1. The number of nitrogens with one attached hydrogen (secondary N) is 1. The molecule has 0 radical (unpaired) electrons. The first-order valence-electron chi connectivity index (χ1n) is 6.83. The van der Waals surface area contributed by atoms with Crippen LogP contribution in [0.4, 0.5) is 0 Å². The molecule has 0 spiro atoms. The summed E-state index contributed by atoms with van der Waals surface area (Å²) in [7, 11) is 1.87. The Kier molecular flexibility index (Phi) is 6.97. The summed E-state index contributed by atoms with van der Waals surface area (Å²) in [5, 5.41) is 3.29.